The molecule has 0 spiro atoms. The first-order valence-corrected chi connectivity index (χ1v) is 31.4. The van der Waals surface area contributed by atoms with Crippen molar-refractivity contribution < 1.29 is 0 Å². The largest absolute Gasteiger partial charge is 0.306 e. The molecule has 2 aromatic heterocycles. The van der Waals surface area contributed by atoms with Gasteiger partial charge in [0, 0.05) is 44.5 Å². The molecule has 10 nitrogen and oxygen atoms in total. The first kappa shape index (κ1) is 53.2. The quantitative estimate of drug-likeness (QED) is 0.147. The minimum atomic E-state index is -0.271. The van der Waals surface area contributed by atoms with Gasteiger partial charge in [0.15, 0.2) is 23.3 Å². The second-order valence-electron chi connectivity index (χ2n) is 25.2. The fourth-order valence-corrected chi connectivity index (χ4v) is 14.7. The monoisotopic (exact) mass is 1180 g/mol. The lowest BCUT2D eigenvalue weighted by Gasteiger charge is -2.40. The third-order valence-electron chi connectivity index (χ3n) is 19.1. The van der Waals surface area contributed by atoms with Crippen LogP contribution in [0.25, 0.3) is 78.6 Å². The normalized spacial score (nSPS) is 14.2. The molecule has 4 aliphatic rings. The van der Waals surface area contributed by atoms with Gasteiger partial charge in [-0.05, 0) is 128 Å². The number of rotatable bonds is 8. The molecule has 10 heteroatoms. The predicted octanol–water partition coefficient (Wildman–Crippen LogP) is 21.0. The Kier molecular flexibility index (Phi) is 11.7. The van der Waals surface area contributed by atoms with Gasteiger partial charge in [-0.1, -0.05) is 234 Å². The Bertz CT molecular complexity index is 4870. The highest BCUT2D eigenvalue weighted by molar-refractivity contribution is 6.07. The number of hydrogen-bond donors (Lipinski definition) is 0. The van der Waals surface area contributed by atoms with Gasteiger partial charge < -0.3 is 9.80 Å². The van der Waals surface area contributed by atoms with Gasteiger partial charge in [0.2, 0.25) is 11.9 Å². The Morgan fingerprint density at radius 2 is 0.522 bits per heavy atom. The minimum absolute atomic E-state index is 0.271. The predicted molar refractivity (Wildman–Crippen MR) is 373 cm³/mol. The number of nitrogens with zero attached hydrogens (tertiary/aromatic N) is 10. The maximum absolute atomic E-state index is 5.38. The number of aromatic nitrogens is 6. The molecule has 0 radical (unpaired) electrons. The van der Waals surface area contributed by atoms with E-state index in [9.17, 15) is 0 Å². The molecule has 0 saturated heterocycles. The molecule has 14 aromatic rings. The van der Waals surface area contributed by atoms with Crippen molar-refractivity contribution in [2.24, 2.45) is 0 Å². The lowest BCUT2D eigenvalue weighted by molar-refractivity contribution is 0.660. The minimum Gasteiger partial charge on any atom is -0.306 e. The van der Waals surface area contributed by atoms with Crippen molar-refractivity contribution in [3.63, 3.8) is 0 Å². The number of anilines is 12. The van der Waals surface area contributed by atoms with E-state index in [1.807, 2.05) is 72.8 Å². The molecule has 92 heavy (non-hydrogen) atoms. The first-order valence-electron chi connectivity index (χ1n) is 31.4. The fraction of sp³-hybridized carbons (Fsp3) is 0.0732. The van der Waals surface area contributed by atoms with Crippen molar-refractivity contribution in [2.45, 2.75) is 38.5 Å². The summed E-state index contributed by atoms with van der Waals surface area (Å²) in [6.45, 7) is 9.39. The molecular formula is C82H58N10. The molecule has 0 fully saturated rings. The highest BCUT2D eigenvalue weighted by Crippen LogP contribution is 2.62. The summed E-state index contributed by atoms with van der Waals surface area (Å²) in [5.41, 5.74) is 23.0. The van der Waals surface area contributed by atoms with E-state index in [0.29, 0.717) is 35.2 Å². The molecule has 0 N–H and O–H groups in total. The van der Waals surface area contributed by atoms with Crippen LogP contribution in [0, 0.1) is 0 Å². The second kappa shape index (κ2) is 20.3. The number of para-hydroxylation sites is 4. The number of benzene rings is 12. The van der Waals surface area contributed by atoms with Crippen LogP contribution in [0.15, 0.2) is 279 Å². The zero-order chi connectivity index (χ0) is 61.4. The second-order valence-corrected chi connectivity index (χ2v) is 25.2. The van der Waals surface area contributed by atoms with E-state index >= 15 is 0 Å². The zero-order valence-corrected chi connectivity index (χ0v) is 51.0. The zero-order valence-electron chi connectivity index (χ0n) is 51.0. The van der Waals surface area contributed by atoms with Crippen molar-refractivity contribution >= 4 is 79.5 Å². The smallest absolute Gasteiger partial charge is 0.238 e. The highest BCUT2D eigenvalue weighted by Gasteiger charge is 2.43. The van der Waals surface area contributed by atoms with Crippen LogP contribution in [-0.4, -0.2) is 29.9 Å². The van der Waals surface area contributed by atoms with E-state index in [4.69, 9.17) is 29.9 Å². The third kappa shape index (κ3) is 8.19. The van der Waals surface area contributed by atoms with E-state index in [2.05, 4.69) is 254 Å². The van der Waals surface area contributed by atoms with Gasteiger partial charge >= 0.3 is 0 Å². The van der Waals surface area contributed by atoms with Crippen LogP contribution in [0.2, 0.25) is 0 Å². The third-order valence-corrected chi connectivity index (χ3v) is 19.1. The van der Waals surface area contributed by atoms with Gasteiger partial charge in [-0.15, -0.1) is 0 Å². The maximum Gasteiger partial charge on any atom is 0.238 e. The SMILES string of the molecule is CC1(C)c2ccccc2-c2cc3c(cc21)N(c1ccc2cc(N4c5ccccc5N(c5nc(-c6ccccc6)nc(-c6ccccc6)n5)c5cc6c(cc54)C(C)(C)c4ccccc4-6)ccc2c1)c1ccccc1N3c1nc(-c2ccccc2)nc(-c2ccccc2)n1. The number of fused-ring (bicyclic) bond motifs is 11. The maximum atomic E-state index is 5.38. The number of hydrogen-bond acceptors (Lipinski definition) is 10. The molecule has 18 rings (SSSR count). The van der Waals surface area contributed by atoms with Crippen LogP contribution in [-0.2, 0) is 10.8 Å². The lowest BCUT2D eigenvalue weighted by atomic mass is 9.82. The Morgan fingerprint density at radius 1 is 0.228 bits per heavy atom. The van der Waals surface area contributed by atoms with Crippen LogP contribution in [0.3, 0.4) is 0 Å². The van der Waals surface area contributed by atoms with Crippen LogP contribution in [0.5, 0.6) is 0 Å². The summed E-state index contributed by atoms with van der Waals surface area (Å²) in [4.78, 5) is 41.2. The molecule has 436 valence electrons. The summed E-state index contributed by atoms with van der Waals surface area (Å²) < 4.78 is 0. The molecule has 4 heterocycles. The molecule has 0 unspecified atom stereocenters. The van der Waals surface area contributed by atoms with E-state index < -0.39 is 0 Å². The molecule has 0 atom stereocenters. The van der Waals surface area contributed by atoms with Crippen LogP contribution >= 0.6 is 0 Å². The Hall–Kier alpha value is -11.9. The van der Waals surface area contributed by atoms with Crippen molar-refractivity contribution in [3.05, 3.63) is 301 Å². The van der Waals surface area contributed by atoms with Crippen molar-refractivity contribution in [3.8, 4) is 67.8 Å². The van der Waals surface area contributed by atoms with Gasteiger partial charge in [0.1, 0.15) is 0 Å². The van der Waals surface area contributed by atoms with E-state index in [-0.39, 0.29) is 10.8 Å². The molecule has 0 amide bonds. The van der Waals surface area contributed by atoms with Gasteiger partial charge in [-0.3, -0.25) is 9.80 Å². The van der Waals surface area contributed by atoms with Crippen molar-refractivity contribution in [1.82, 2.24) is 29.9 Å². The van der Waals surface area contributed by atoms with Gasteiger partial charge in [-0.25, -0.2) is 9.97 Å². The standard InChI is InChI=1S/C82H58N10/c1-81(2)63-35-19-17-33-59(63)61-47-71-73(49-65(61)81)89(67-37-21-23-39-69(67)91(71)79-85-75(51-25-9-5-10-26-51)83-76(86-79)52-27-11-6-12-28-52)57-43-41-56-46-58(44-42-55(56)45-57)90-68-38-22-24-40-70(68)92(72-48-62-60-34-18-20-36-64(60)82(3,4)66(62)50-74(72)90)80-87-77(53-29-13-7-14-30-53)84-78(88-80)54-31-15-8-16-32-54/h5-50H,1-4H3. The highest BCUT2D eigenvalue weighted by atomic mass is 15.4. The average Bonchev–Trinajstić information content (AvgIpc) is 1.66. The molecule has 12 aromatic carbocycles. The van der Waals surface area contributed by atoms with Crippen molar-refractivity contribution in [1.29, 1.82) is 0 Å². The average molecular weight is 1180 g/mol. The first-order chi connectivity index (χ1) is 45.1. The fourth-order valence-electron chi connectivity index (χ4n) is 14.7. The molecule has 0 saturated carbocycles. The summed E-state index contributed by atoms with van der Waals surface area (Å²) in [5.74, 6) is 3.47. The van der Waals surface area contributed by atoms with E-state index in [1.165, 1.54) is 44.5 Å². The van der Waals surface area contributed by atoms with E-state index in [0.717, 1.165) is 89.9 Å². The van der Waals surface area contributed by atoms with Gasteiger partial charge in [0.05, 0.1) is 45.5 Å². The van der Waals surface area contributed by atoms with Gasteiger partial charge in [-0.2, -0.15) is 19.9 Å². The van der Waals surface area contributed by atoms with Crippen LogP contribution < -0.4 is 19.6 Å². The Morgan fingerprint density at radius 3 is 0.870 bits per heavy atom. The molecule has 2 aliphatic heterocycles. The molecule has 2 aliphatic carbocycles. The lowest BCUT2D eigenvalue weighted by Crippen LogP contribution is -2.26. The molecular weight excluding hydrogens is 1120 g/mol. The van der Waals surface area contributed by atoms with Crippen LogP contribution in [0.1, 0.15) is 49.9 Å². The van der Waals surface area contributed by atoms with Crippen LogP contribution in [0.4, 0.5) is 68.8 Å². The van der Waals surface area contributed by atoms with Crippen molar-refractivity contribution in [2.75, 3.05) is 19.6 Å². The summed E-state index contributed by atoms with van der Waals surface area (Å²) in [6, 6.07) is 99.2. The summed E-state index contributed by atoms with van der Waals surface area (Å²) in [5, 5.41) is 2.20. The van der Waals surface area contributed by atoms with Gasteiger partial charge in [0.25, 0.3) is 0 Å². The Labute approximate surface area is 533 Å². The topological polar surface area (TPSA) is 90.3 Å². The van der Waals surface area contributed by atoms with E-state index in [1.54, 1.807) is 0 Å². The summed E-state index contributed by atoms with van der Waals surface area (Å²) in [7, 11) is 0. The summed E-state index contributed by atoms with van der Waals surface area (Å²) in [6.07, 6.45) is 0. The Balaban J connectivity index is 0.807. The summed E-state index contributed by atoms with van der Waals surface area (Å²) >= 11 is 0. The molecule has 0 bridgehead atoms.